The maximum atomic E-state index is 13.0. The van der Waals surface area contributed by atoms with Crippen LogP contribution in [-0.2, 0) is 6.42 Å². The first-order valence-electron chi connectivity index (χ1n) is 8.54. The van der Waals surface area contributed by atoms with E-state index in [1.807, 2.05) is 0 Å². The first-order chi connectivity index (χ1) is 12.6. The number of primary amides is 1. The van der Waals surface area contributed by atoms with Crippen molar-refractivity contribution in [1.82, 2.24) is 15.3 Å². The Kier molecular flexibility index (Phi) is 5.75. The Bertz CT molecular complexity index is 769. The van der Waals surface area contributed by atoms with Crippen molar-refractivity contribution in [3.63, 3.8) is 0 Å². The van der Waals surface area contributed by atoms with Gasteiger partial charge in [-0.1, -0.05) is 0 Å². The maximum Gasteiger partial charge on any atom is 0.252 e. The lowest BCUT2D eigenvalue weighted by molar-refractivity contribution is 0.100. The molecule has 1 saturated heterocycles. The van der Waals surface area contributed by atoms with E-state index in [1.54, 1.807) is 12.1 Å². The van der Waals surface area contributed by atoms with Crippen molar-refractivity contribution < 1.29 is 14.3 Å². The third-order valence-corrected chi connectivity index (χ3v) is 4.56. The Morgan fingerprint density at radius 2 is 2.15 bits per heavy atom. The first kappa shape index (κ1) is 18.2. The molecule has 138 valence electrons. The quantitative estimate of drug-likeness (QED) is 0.603. The lowest BCUT2D eigenvalue weighted by Crippen LogP contribution is -2.45. The van der Waals surface area contributed by atoms with E-state index in [0.29, 0.717) is 35.6 Å². The Morgan fingerprint density at radius 3 is 2.85 bits per heavy atom. The summed E-state index contributed by atoms with van der Waals surface area (Å²) in [4.78, 5) is 20.1. The Balaban J connectivity index is 1.84. The zero-order chi connectivity index (χ0) is 18.5. The molecule has 3 rings (SSSR count). The lowest BCUT2D eigenvalue weighted by Gasteiger charge is -2.32. The second-order valence-corrected chi connectivity index (χ2v) is 6.42. The van der Waals surface area contributed by atoms with Crippen molar-refractivity contribution in [2.45, 2.75) is 18.9 Å². The number of piperidine rings is 1. The number of aromatic nitrogens is 2. The van der Waals surface area contributed by atoms with Crippen LogP contribution in [0.4, 0.5) is 10.1 Å². The van der Waals surface area contributed by atoms with Crippen molar-refractivity contribution in [1.29, 1.82) is 0 Å². The average molecular weight is 359 g/mol. The summed E-state index contributed by atoms with van der Waals surface area (Å²) in [5.74, 6) is -0.921. The van der Waals surface area contributed by atoms with Crippen molar-refractivity contribution in [3.8, 4) is 0 Å². The predicted molar refractivity (Wildman–Crippen MR) is 95.2 cm³/mol. The van der Waals surface area contributed by atoms with Gasteiger partial charge in [-0.25, -0.2) is 4.39 Å². The molecular weight excluding hydrogens is 337 g/mol. The second-order valence-electron chi connectivity index (χ2n) is 6.42. The minimum absolute atomic E-state index is 0.0264. The SMILES string of the molecule is NC(=O)c1cnc(Cc2ccc(F)cn2)cc1N[C@@H]1CCNC[C@@H]1CO. The smallest absolute Gasteiger partial charge is 0.252 e. The largest absolute Gasteiger partial charge is 0.396 e. The highest BCUT2D eigenvalue weighted by atomic mass is 19.1. The van der Waals surface area contributed by atoms with Crippen LogP contribution in [0.1, 0.15) is 28.2 Å². The van der Waals surface area contributed by atoms with Gasteiger partial charge in [-0.15, -0.1) is 0 Å². The molecule has 1 aliphatic rings. The van der Waals surface area contributed by atoms with Gasteiger partial charge >= 0.3 is 0 Å². The van der Waals surface area contributed by atoms with E-state index in [-0.39, 0.29) is 18.6 Å². The predicted octanol–water partition coefficient (Wildman–Crippen LogP) is 0.688. The normalized spacial score (nSPS) is 19.9. The fraction of sp³-hybridized carbons (Fsp3) is 0.389. The molecule has 1 fully saturated rings. The molecule has 2 atom stereocenters. The van der Waals surface area contributed by atoms with Gasteiger partial charge in [0.2, 0.25) is 0 Å². The number of anilines is 1. The molecule has 0 spiro atoms. The molecule has 3 heterocycles. The van der Waals surface area contributed by atoms with Gasteiger partial charge in [-0.2, -0.15) is 0 Å². The van der Waals surface area contributed by atoms with E-state index in [1.165, 1.54) is 12.3 Å². The topological polar surface area (TPSA) is 113 Å². The van der Waals surface area contributed by atoms with Gasteiger partial charge in [0, 0.05) is 49.1 Å². The molecule has 1 amide bonds. The summed E-state index contributed by atoms with van der Waals surface area (Å²) in [6, 6.07) is 4.74. The van der Waals surface area contributed by atoms with E-state index in [4.69, 9.17) is 5.73 Å². The number of pyridine rings is 2. The van der Waals surface area contributed by atoms with Crippen LogP contribution in [0.25, 0.3) is 0 Å². The Labute approximate surface area is 150 Å². The number of nitrogens with two attached hydrogens (primary N) is 1. The number of aliphatic hydroxyl groups excluding tert-OH is 1. The highest BCUT2D eigenvalue weighted by Crippen LogP contribution is 2.22. The number of carbonyl (C=O) groups is 1. The van der Waals surface area contributed by atoms with Crippen LogP contribution >= 0.6 is 0 Å². The molecule has 2 aromatic rings. The van der Waals surface area contributed by atoms with Crippen LogP contribution in [0.5, 0.6) is 0 Å². The van der Waals surface area contributed by atoms with Crippen LogP contribution in [0.2, 0.25) is 0 Å². The van der Waals surface area contributed by atoms with E-state index < -0.39 is 11.7 Å². The molecule has 0 aliphatic carbocycles. The van der Waals surface area contributed by atoms with E-state index >= 15 is 0 Å². The lowest BCUT2D eigenvalue weighted by atomic mass is 9.93. The molecule has 0 aromatic carbocycles. The molecule has 0 unspecified atom stereocenters. The zero-order valence-electron chi connectivity index (χ0n) is 14.3. The second kappa shape index (κ2) is 8.20. The van der Waals surface area contributed by atoms with Gasteiger partial charge in [-0.05, 0) is 31.2 Å². The van der Waals surface area contributed by atoms with E-state index in [0.717, 1.165) is 19.2 Å². The molecule has 0 saturated carbocycles. The fourth-order valence-electron chi connectivity index (χ4n) is 3.11. The summed E-state index contributed by atoms with van der Waals surface area (Å²) in [6.07, 6.45) is 3.83. The van der Waals surface area contributed by atoms with Crippen LogP contribution < -0.4 is 16.4 Å². The van der Waals surface area contributed by atoms with Crippen LogP contribution in [-0.4, -0.2) is 46.7 Å². The van der Waals surface area contributed by atoms with Crippen LogP contribution in [0.15, 0.2) is 30.6 Å². The van der Waals surface area contributed by atoms with Crippen LogP contribution in [0, 0.1) is 11.7 Å². The first-order valence-corrected chi connectivity index (χ1v) is 8.54. The van der Waals surface area contributed by atoms with Gasteiger partial charge in [0.1, 0.15) is 5.82 Å². The Hall–Kier alpha value is -2.58. The summed E-state index contributed by atoms with van der Waals surface area (Å²) in [5, 5.41) is 16.2. The maximum absolute atomic E-state index is 13.0. The summed E-state index contributed by atoms with van der Waals surface area (Å²) in [7, 11) is 0. The molecule has 0 radical (unpaired) electrons. The Morgan fingerprint density at radius 1 is 1.35 bits per heavy atom. The highest BCUT2D eigenvalue weighted by Gasteiger charge is 2.25. The molecule has 5 N–H and O–H groups in total. The zero-order valence-corrected chi connectivity index (χ0v) is 14.3. The van der Waals surface area contributed by atoms with E-state index in [2.05, 4.69) is 20.6 Å². The summed E-state index contributed by atoms with van der Waals surface area (Å²) < 4.78 is 13.0. The monoisotopic (exact) mass is 359 g/mol. The van der Waals surface area contributed by atoms with Crippen molar-refractivity contribution in [3.05, 3.63) is 53.4 Å². The molecule has 0 bridgehead atoms. The number of nitrogens with one attached hydrogen (secondary N) is 2. The summed E-state index contributed by atoms with van der Waals surface area (Å²) in [6.45, 7) is 1.59. The number of nitrogens with zero attached hydrogens (tertiary/aromatic N) is 2. The van der Waals surface area contributed by atoms with E-state index in [9.17, 15) is 14.3 Å². The number of amides is 1. The molecule has 26 heavy (non-hydrogen) atoms. The van der Waals surface area contributed by atoms with Crippen molar-refractivity contribution in [2.75, 3.05) is 25.0 Å². The highest BCUT2D eigenvalue weighted by molar-refractivity contribution is 5.98. The van der Waals surface area contributed by atoms with Crippen LogP contribution in [0.3, 0.4) is 0 Å². The van der Waals surface area contributed by atoms with Crippen molar-refractivity contribution >= 4 is 11.6 Å². The minimum atomic E-state index is -0.569. The summed E-state index contributed by atoms with van der Waals surface area (Å²) in [5.41, 5.74) is 7.73. The van der Waals surface area contributed by atoms with Gasteiger partial charge in [0.15, 0.2) is 0 Å². The number of hydrogen-bond donors (Lipinski definition) is 4. The minimum Gasteiger partial charge on any atom is -0.396 e. The molecular formula is C18H22FN5O2. The third kappa shape index (κ3) is 4.33. The van der Waals surface area contributed by atoms with Gasteiger partial charge in [0.05, 0.1) is 17.4 Å². The number of carbonyl (C=O) groups excluding carboxylic acids is 1. The molecule has 2 aromatic heterocycles. The molecule has 1 aliphatic heterocycles. The van der Waals surface area contributed by atoms with Gasteiger partial charge < -0.3 is 21.5 Å². The van der Waals surface area contributed by atoms with Gasteiger partial charge in [-0.3, -0.25) is 14.8 Å². The average Bonchev–Trinajstić information content (AvgIpc) is 2.64. The fourth-order valence-corrected chi connectivity index (χ4v) is 3.11. The molecule has 8 heteroatoms. The van der Waals surface area contributed by atoms with Gasteiger partial charge in [0.25, 0.3) is 5.91 Å². The number of hydrogen-bond acceptors (Lipinski definition) is 6. The standard InChI is InChI=1S/C18H22FN5O2/c19-12-1-2-13(22-8-12)5-14-6-17(15(9-23-14)18(20)26)24-16-3-4-21-7-11(16)10-25/h1-2,6,8-9,11,16,21,25H,3-5,7,10H2,(H2,20,26)(H,23,24)/t11-,16-/m1/s1. The number of aliphatic hydroxyl groups is 1. The number of halogens is 1. The molecule has 7 nitrogen and oxygen atoms in total. The summed E-state index contributed by atoms with van der Waals surface area (Å²) >= 11 is 0. The van der Waals surface area contributed by atoms with Crippen molar-refractivity contribution in [2.24, 2.45) is 11.7 Å². The third-order valence-electron chi connectivity index (χ3n) is 4.56. The number of rotatable bonds is 6.